The summed E-state index contributed by atoms with van der Waals surface area (Å²) in [6.45, 7) is 0. The second kappa shape index (κ2) is 10.9. The van der Waals surface area contributed by atoms with Crippen LogP contribution in [-0.2, 0) is 6.18 Å². The lowest BCUT2D eigenvalue weighted by atomic mass is 10.3. The predicted molar refractivity (Wildman–Crippen MR) is 105 cm³/mol. The highest BCUT2D eigenvalue weighted by atomic mass is 35.5. The molecule has 0 aromatic carbocycles. The Morgan fingerprint density at radius 2 is 1.58 bits per heavy atom. The van der Waals surface area contributed by atoms with Crippen LogP contribution in [-0.4, -0.2) is 43.3 Å². The molecule has 0 saturated heterocycles. The van der Waals surface area contributed by atoms with Gasteiger partial charge in [0.1, 0.15) is 17.2 Å². The molecular formula is C15H11Cl3F4N8O. The smallest absolute Gasteiger partial charge is 0.426 e. The molecule has 0 aliphatic heterocycles. The highest BCUT2D eigenvalue weighted by Crippen LogP contribution is 2.37. The summed E-state index contributed by atoms with van der Waals surface area (Å²) in [5.41, 5.74) is 3.72. The third-order valence-electron chi connectivity index (χ3n) is 3.08. The number of hydrogen-bond donors (Lipinski definition) is 2. The van der Waals surface area contributed by atoms with Gasteiger partial charge >= 0.3 is 6.18 Å². The van der Waals surface area contributed by atoms with Crippen LogP contribution >= 0.6 is 35.6 Å². The number of ether oxygens (including phenoxy) is 1. The molecule has 0 aliphatic rings. The number of nitrogens with two attached hydrogens (primary N) is 1. The van der Waals surface area contributed by atoms with Gasteiger partial charge in [-0.05, 0) is 24.3 Å². The highest BCUT2D eigenvalue weighted by Gasteiger charge is 2.40. The molecule has 3 heterocycles. The summed E-state index contributed by atoms with van der Waals surface area (Å²) in [6, 6.07) is 5.68. The standard InChI is InChI=1S/C10H5ClF4N4O.C5H5ClN4.ClH/c1-20-9-6(10(13,14)15)7(12)16-8(17-9)4-2-3-5(11)19-18-4;6-4-2-1-3(5(7)8)9-10-4;/h2-3H,1H3;1-2H,(H3,7,8);1H. The van der Waals surface area contributed by atoms with E-state index in [2.05, 4.69) is 35.1 Å². The fourth-order valence-corrected chi connectivity index (χ4v) is 2.01. The molecule has 0 spiro atoms. The van der Waals surface area contributed by atoms with E-state index in [0.29, 0.717) is 10.8 Å². The first-order valence-electron chi connectivity index (χ1n) is 7.55. The molecule has 0 bridgehead atoms. The van der Waals surface area contributed by atoms with Gasteiger partial charge in [-0.1, -0.05) is 23.2 Å². The molecule has 31 heavy (non-hydrogen) atoms. The lowest BCUT2D eigenvalue weighted by Gasteiger charge is -2.12. The van der Waals surface area contributed by atoms with E-state index in [-0.39, 0.29) is 29.1 Å². The zero-order valence-electron chi connectivity index (χ0n) is 15.2. The number of rotatable bonds is 3. The van der Waals surface area contributed by atoms with Gasteiger partial charge in [0.25, 0.3) is 0 Å². The van der Waals surface area contributed by atoms with E-state index in [9.17, 15) is 17.6 Å². The fraction of sp³-hybridized carbons (Fsp3) is 0.133. The van der Waals surface area contributed by atoms with Crippen LogP contribution in [0, 0.1) is 11.4 Å². The maximum Gasteiger partial charge on any atom is 0.426 e. The van der Waals surface area contributed by atoms with Crippen molar-refractivity contribution in [2.24, 2.45) is 5.73 Å². The number of aromatic nitrogens is 6. The number of hydrogen-bond acceptors (Lipinski definition) is 8. The molecule has 0 fully saturated rings. The minimum Gasteiger partial charge on any atom is -0.480 e. The van der Waals surface area contributed by atoms with Gasteiger partial charge in [0.2, 0.25) is 11.8 Å². The highest BCUT2D eigenvalue weighted by molar-refractivity contribution is 6.29. The van der Waals surface area contributed by atoms with Crippen molar-refractivity contribution in [3.8, 4) is 17.4 Å². The van der Waals surface area contributed by atoms with Crippen molar-refractivity contribution < 1.29 is 22.3 Å². The number of nitrogens with one attached hydrogen (secondary N) is 1. The van der Waals surface area contributed by atoms with Gasteiger partial charge in [-0.25, -0.2) is 0 Å². The van der Waals surface area contributed by atoms with Crippen molar-refractivity contribution in [2.45, 2.75) is 6.18 Å². The average molecular weight is 502 g/mol. The third kappa shape index (κ3) is 7.08. The van der Waals surface area contributed by atoms with E-state index in [4.69, 9.17) is 34.3 Å². The van der Waals surface area contributed by atoms with Crippen LogP contribution in [0.4, 0.5) is 17.6 Å². The molecule has 16 heteroatoms. The molecule has 0 saturated carbocycles. The Kier molecular flexibility index (Phi) is 9.21. The molecule has 0 amide bonds. The Hall–Kier alpha value is -2.90. The van der Waals surface area contributed by atoms with Crippen LogP contribution < -0.4 is 10.5 Å². The van der Waals surface area contributed by atoms with Crippen LogP contribution in [0.3, 0.4) is 0 Å². The van der Waals surface area contributed by atoms with Gasteiger partial charge in [-0.3, -0.25) is 5.41 Å². The Bertz CT molecular complexity index is 1040. The van der Waals surface area contributed by atoms with Gasteiger partial charge in [0.15, 0.2) is 21.7 Å². The Balaban J connectivity index is 0.000000370. The summed E-state index contributed by atoms with van der Waals surface area (Å²) in [6.07, 6.45) is -4.97. The normalized spacial score (nSPS) is 10.4. The topological polar surface area (TPSA) is 136 Å². The molecule has 3 N–H and O–H groups in total. The summed E-state index contributed by atoms with van der Waals surface area (Å²) in [5.74, 6) is -3.19. The van der Waals surface area contributed by atoms with Crippen LogP contribution in [0.15, 0.2) is 24.3 Å². The first-order chi connectivity index (χ1) is 14.0. The number of halogens is 7. The molecule has 9 nitrogen and oxygen atoms in total. The predicted octanol–water partition coefficient (Wildman–Crippen LogP) is 3.59. The summed E-state index contributed by atoms with van der Waals surface area (Å²) in [5, 5.41) is 21.3. The quantitative estimate of drug-likeness (QED) is 0.240. The molecular weight excluding hydrogens is 491 g/mol. The molecule has 166 valence electrons. The zero-order valence-corrected chi connectivity index (χ0v) is 17.5. The number of nitrogen functional groups attached to an aromatic ring is 1. The van der Waals surface area contributed by atoms with Crippen molar-refractivity contribution in [2.75, 3.05) is 7.11 Å². The second-order valence-corrected chi connectivity index (χ2v) is 5.89. The third-order valence-corrected chi connectivity index (χ3v) is 3.48. The monoisotopic (exact) mass is 500 g/mol. The van der Waals surface area contributed by atoms with E-state index < -0.39 is 29.4 Å². The summed E-state index contributed by atoms with van der Waals surface area (Å²) in [7, 11) is 0.939. The fourth-order valence-electron chi connectivity index (χ4n) is 1.81. The molecule has 3 aromatic rings. The van der Waals surface area contributed by atoms with Gasteiger partial charge in [0, 0.05) is 0 Å². The van der Waals surface area contributed by atoms with Crippen molar-refractivity contribution in [3.05, 3.63) is 51.8 Å². The van der Waals surface area contributed by atoms with Gasteiger partial charge in [0.05, 0.1) is 7.11 Å². The SMILES string of the molecule is COc1nc(-c2ccc(Cl)nn2)nc(F)c1C(F)(F)F.Cl.N=C(N)c1ccc(Cl)nn1. The maximum atomic E-state index is 13.5. The number of amidine groups is 1. The average Bonchev–Trinajstić information content (AvgIpc) is 2.67. The van der Waals surface area contributed by atoms with Crippen molar-refractivity contribution in [1.82, 2.24) is 30.4 Å². The van der Waals surface area contributed by atoms with Crippen LogP contribution in [0.1, 0.15) is 11.3 Å². The molecule has 0 radical (unpaired) electrons. The lowest BCUT2D eigenvalue weighted by molar-refractivity contribution is -0.142. The Morgan fingerprint density at radius 3 is 2.00 bits per heavy atom. The second-order valence-electron chi connectivity index (χ2n) is 5.12. The van der Waals surface area contributed by atoms with Gasteiger partial charge in [-0.15, -0.1) is 32.8 Å². The first-order valence-corrected chi connectivity index (χ1v) is 8.30. The molecule has 3 aromatic heterocycles. The zero-order chi connectivity index (χ0) is 22.5. The first kappa shape index (κ1) is 26.1. The summed E-state index contributed by atoms with van der Waals surface area (Å²) >= 11 is 10.9. The summed E-state index contributed by atoms with van der Waals surface area (Å²) in [4.78, 5) is 6.60. The van der Waals surface area contributed by atoms with Gasteiger partial charge in [-0.2, -0.15) is 27.5 Å². The van der Waals surface area contributed by atoms with E-state index >= 15 is 0 Å². The van der Waals surface area contributed by atoms with Crippen LogP contribution in [0.2, 0.25) is 10.3 Å². The summed E-state index contributed by atoms with van der Waals surface area (Å²) < 4.78 is 55.9. The number of methoxy groups -OCH3 is 1. The van der Waals surface area contributed by atoms with E-state index in [1.807, 2.05) is 0 Å². The molecule has 0 unspecified atom stereocenters. The van der Waals surface area contributed by atoms with E-state index in [1.165, 1.54) is 24.3 Å². The Labute approximate surface area is 187 Å². The van der Waals surface area contributed by atoms with Crippen molar-refractivity contribution >= 4 is 41.4 Å². The molecule has 0 aliphatic carbocycles. The van der Waals surface area contributed by atoms with Crippen molar-refractivity contribution in [1.29, 1.82) is 5.41 Å². The maximum absolute atomic E-state index is 13.5. The van der Waals surface area contributed by atoms with Crippen LogP contribution in [0.25, 0.3) is 11.5 Å². The number of alkyl halides is 3. The van der Waals surface area contributed by atoms with Crippen LogP contribution in [0.5, 0.6) is 5.88 Å². The lowest BCUT2D eigenvalue weighted by Crippen LogP contribution is -2.14. The largest absolute Gasteiger partial charge is 0.480 e. The van der Waals surface area contributed by atoms with E-state index in [0.717, 1.165) is 7.11 Å². The molecule has 3 rings (SSSR count). The van der Waals surface area contributed by atoms with Gasteiger partial charge < -0.3 is 10.5 Å². The van der Waals surface area contributed by atoms with Crippen molar-refractivity contribution in [3.63, 3.8) is 0 Å². The number of nitrogens with zero attached hydrogens (tertiary/aromatic N) is 6. The van der Waals surface area contributed by atoms with E-state index in [1.54, 1.807) is 0 Å². The minimum absolute atomic E-state index is 0. The molecule has 0 atom stereocenters. The Morgan fingerprint density at radius 1 is 1.00 bits per heavy atom. The minimum atomic E-state index is -4.97.